The molecular formula is C25H28N6O2. The third-order valence-electron chi connectivity index (χ3n) is 5.17. The number of aryl methyl sites for hydroxylation is 1. The van der Waals surface area contributed by atoms with Crippen molar-refractivity contribution in [2.45, 2.75) is 53.0 Å². The summed E-state index contributed by atoms with van der Waals surface area (Å²) in [6.45, 7) is 12.3. The molecule has 0 aliphatic rings. The van der Waals surface area contributed by atoms with Crippen LogP contribution in [0.1, 0.15) is 62.3 Å². The minimum absolute atomic E-state index is 0.168. The van der Waals surface area contributed by atoms with E-state index in [1.54, 1.807) is 42.7 Å². The van der Waals surface area contributed by atoms with E-state index in [1.807, 2.05) is 17.7 Å². The van der Waals surface area contributed by atoms with Gasteiger partial charge in [0, 0.05) is 23.8 Å². The lowest BCUT2D eigenvalue weighted by Crippen LogP contribution is -2.24. The molecule has 3 heterocycles. The number of fused-ring (bicyclic) bond motifs is 1. The van der Waals surface area contributed by atoms with Gasteiger partial charge < -0.3 is 10.1 Å². The number of rotatable bonds is 5. The second-order valence-corrected chi connectivity index (χ2v) is 9.23. The number of hydrogen-bond acceptors (Lipinski definition) is 6. The van der Waals surface area contributed by atoms with Crippen LogP contribution in [0.15, 0.2) is 48.8 Å². The van der Waals surface area contributed by atoms with E-state index in [9.17, 15) is 4.79 Å². The molecule has 170 valence electrons. The van der Waals surface area contributed by atoms with Crippen molar-refractivity contribution in [2.75, 3.05) is 5.32 Å². The van der Waals surface area contributed by atoms with Crippen LogP contribution in [0, 0.1) is 6.92 Å². The van der Waals surface area contributed by atoms with Crippen molar-refractivity contribution in [1.82, 2.24) is 24.7 Å². The number of nitrogens with one attached hydrogen (secondary N) is 1. The number of nitrogens with zero attached hydrogens (tertiary/aromatic N) is 5. The Morgan fingerprint density at radius 2 is 1.76 bits per heavy atom. The predicted molar refractivity (Wildman–Crippen MR) is 128 cm³/mol. The Hall–Kier alpha value is -3.81. The number of pyridine rings is 1. The number of amides is 1. The van der Waals surface area contributed by atoms with E-state index < -0.39 is 0 Å². The highest BCUT2D eigenvalue weighted by molar-refractivity contribution is 6.12. The average molecular weight is 445 g/mol. The average Bonchev–Trinajstić information content (AvgIpc) is 3.12. The molecule has 0 atom stereocenters. The van der Waals surface area contributed by atoms with Crippen LogP contribution in [-0.4, -0.2) is 30.6 Å². The lowest BCUT2D eigenvalue weighted by atomic mass is 10.0. The maximum atomic E-state index is 13.4. The number of aromatic nitrogens is 5. The smallest absolute Gasteiger partial charge is 0.321 e. The van der Waals surface area contributed by atoms with Gasteiger partial charge in [0.25, 0.3) is 5.91 Å². The number of carbonyl (C=O) groups excluding carboxylic acids is 1. The molecule has 0 fully saturated rings. The summed E-state index contributed by atoms with van der Waals surface area (Å²) in [7, 11) is 0. The maximum absolute atomic E-state index is 13.4. The Bertz CT molecular complexity index is 1290. The van der Waals surface area contributed by atoms with Gasteiger partial charge in [-0.25, -0.2) is 19.6 Å². The lowest BCUT2D eigenvalue weighted by molar-refractivity contribution is 0.102. The quantitative estimate of drug-likeness (QED) is 0.440. The highest BCUT2D eigenvalue weighted by Crippen LogP contribution is 2.29. The third-order valence-corrected chi connectivity index (χ3v) is 5.17. The van der Waals surface area contributed by atoms with Crippen molar-refractivity contribution in [2.24, 2.45) is 0 Å². The van der Waals surface area contributed by atoms with Gasteiger partial charge in [-0.15, -0.1) is 0 Å². The number of carbonyl (C=O) groups is 1. The first-order valence-corrected chi connectivity index (χ1v) is 10.9. The Morgan fingerprint density at radius 3 is 2.36 bits per heavy atom. The Morgan fingerprint density at radius 1 is 1.09 bits per heavy atom. The van der Waals surface area contributed by atoms with Crippen LogP contribution in [0.3, 0.4) is 0 Å². The van der Waals surface area contributed by atoms with E-state index in [2.05, 4.69) is 49.9 Å². The van der Waals surface area contributed by atoms with Crippen LogP contribution in [0.2, 0.25) is 0 Å². The zero-order chi connectivity index (χ0) is 23.8. The van der Waals surface area contributed by atoms with Crippen LogP contribution in [0.5, 0.6) is 11.8 Å². The van der Waals surface area contributed by atoms with Gasteiger partial charge in [-0.2, -0.15) is 5.10 Å². The van der Waals surface area contributed by atoms with Crippen molar-refractivity contribution >= 4 is 22.6 Å². The fourth-order valence-electron chi connectivity index (χ4n) is 3.50. The minimum atomic E-state index is -0.263. The first-order chi connectivity index (χ1) is 15.6. The fourth-order valence-corrected chi connectivity index (χ4v) is 3.50. The molecule has 4 aromatic rings. The second kappa shape index (κ2) is 8.61. The second-order valence-electron chi connectivity index (χ2n) is 9.23. The molecule has 1 amide bonds. The minimum Gasteiger partial charge on any atom is -0.424 e. The largest absolute Gasteiger partial charge is 0.424 e. The molecule has 4 rings (SSSR count). The summed E-state index contributed by atoms with van der Waals surface area (Å²) in [6.07, 6.45) is 3.23. The molecule has 0 saturated heterocycles. The van der Waals surface area contributed by atoms with E-state index in [-0.39, 0.29) is 23.4 Å². The Balaban J connectivity index is 1.66. The lowest BCUT2D eigenvalue weighted by Gasteiger charge is -2.20. The summed E-state index contributed by atoms with van der Waals surface area (Å²) in [5, 5.41) is 8.47. The Kier molecular flexibility index (Phi) is 5.84. The molecule has 1 N–H and O–H groups in total. The van der Waals surface area contributed by atoms with E-state index in [0.29, 0.717) is 17.0 Å². The zero-order valence-corrected chi connectivity index (χ0v) is 19.7. The predicted octanol–water partition coefficient (Wildman–Crippen LogP) is 5.45. The summed E-state index contributed by atoms with van der Waals surface area (Å²) in [6, 6.07) is 10.9. The van der Waals surface area contributed by atoms with Crippen molar-refractivity contribution in [3.05, 3.63) is 65.7 Å². The van der Waals surface area contributed by atoms with Gasteiger partial charge in [0.15, 0.2) is 5.65 Å². The molecule has 0 aliphatic heterocycles. The van der Waals surface area contributed by atoms with Gasteiger partial charge in [0.2, 0.25) is 0 Å². The van der Waals surface area contributed by atoms with Gasteiger partial charge in [0.1, 0.15) is 5.75 Å². The molecule has 0 radical (unpaired) electrons. The zero-order valence-electron chi connectivity index (χ0n) is 19.7. The molecule has 0 spiro atoms. The van der Waals surface area contributed by atoms with Crippen molar-refractivity contribution < 1.29 is 9.53 Å². The number of benzene rings is 1. The first-order valence-electron chi connectivity index (χ1n) is 10.9. The highest BCUT2D eigenvalue weighted by Gasteiger charge is 2.25. The van der Waals surface area contributed by atoms with Crippen LogP contribution in [0.25, 0.3) is 11.0 Å². The van der Waals surface area contributed by atoms with Gasteiger partial charge in [-0.3, -0.25) is 4.79 Å². The fraction of sp³-hybridized carbons (Fsp3) is 0.320. The van der Waals surface area contributed by atoms with Crippen molar-refractivity contribution in [3.63, 3.8) is 0 Å². The molecular weight excluding hydrogens is 416 g/mol. The summed E-state index contributed by atoms with van der Waals surface area (Å²) in [4.78, 5) is 26.3. The van der Waals surface area contributed by atoms with Crippen molar-refractivity contribution in [1.29, 1.82) is 0 Å². The van der Waals surface area contributed by atoms with Gasteiger partial charge in [-0.05, 0) is 70.0 Å². The van der Waals surface area contributed by atoms with Gasteiger partial charge >= 0.3 is 6.01 Å². The van der Waals surface area contributed by atoms with E-state index in [1.165, 1.54) is 0 Å². The molecule has 0 unspecified atom stereocenters. The topological polar surface area (TPSA) is 94.8 Å². The van der Waals surface area contributed by atoms with Crippen LogP contribution < -0.4 is 10.1 Å². The van der Waals surface area contributed by atoms with E-state index in [0.717, 1.165) is 22.4 Å². The number of ether oxygens (including phenoxy) is 1. The summed E-state index contributed by atoms with van der Waals surface area (Å²) in [5.41, 5.74) is 3.31. The SMILES string of the molecule is Cc1nn(C(C)(C)C)c2nc(C(C)C)cc(C(=O)Nc3ccc(Oc4ncccn4)cc3)c12. The maximum Gasteiger partial charge on any atom is 0.321 e. The standard InChI is InChI=1S/C25H28N6O2/c1-15(2)20-14-19(21-16(3)30-31(22(21)29-20)25(4,5)6)23(32)28-17-8-10-18(11-9-17)33-24-26-12-7-13-27-24/h7-15H,1-6H3,(H,28,32). The van der Waals surface area contributed by atoms with Crippen LogP contribution >= 0.6 is 0 Å². The molecule has 0 aliphatic carbocycles. The molecule has 33 heavy (non-hydrogen) atoms. The number of hydrogen-bond donors (Lipinski definition) is 1. The third kappa shape index (κ3) is 4.69. The molecule has 3 aromatic heterocycles. The molecule has 0 bridgehead atoms. The van der Waals surface area contributed by atoms with Gasteiger partial charge in [0.05, 0.1) is 22.2 Å². The first kappa shape index (κ1) is 22.4. The summed E-state index contributed by atoms with van der Waals surface area (Å²) >= 11 is 0. The monoisotopic (exact) mass is 444 g/mol. The molecule has 8 nitrogen and oxygen atoms in total. The van der Waals surface area contributed by atoms with Crippen LogP contribution in [0.4, 0.5) is 5.69 Å². The normalized spacial score (nSPS) is 11.7. The number of anilines is 1. The molecule has 8 heteroatoms. The van der Waals surface area contributed by atoms with E-state index >= 15 is 0 Å². The van der Waals surface area contributed by atoms with Crippen LogP contribution in [-0.2, 0) is 5.54 Å². The van der Waals surface area contributed by atoms with E-state index in [4.69, 9.17) is 14.8 Å². The Labute approximate surface area is 193 Å². The summed E-state index contributed by atoms with van der Waals surface area (Å²) < 4.78 is 7.52. The van der Waals surface area contributed by atoms with Gasteiger partial charge in [-0.1, -0.05) is 13.8 Å². The summed E-state index contributed by atoms with van der Waals surface area (Å²) in [5.74, 6) is 0.539. The highest BCUT2D eigenvalue weighted by atomic mass is 16.5. The van der Waals surface area contributed by atoms with Crippen molar-refractivity contribution in [3.8, 4) is 11.8 Å². The molecule has 0 saturated carbocycles. The molecule has 1 aromatic carbocycles.